The molecule has 0 saturated heterocycles. The topological polar surface area (TPSA) is 39.6 Å². The van der Waals surface area contributed by atoms with Crippen molar-refractivity contribution in [3.05, 3.63) is 45.5 Å². The van der Waals surface area contributed by atoms with Gasteiger partial charge in [-0.1, -0.05) is 24.4 Å². The normalized spacial score (nSPS) is 18.5. The average molecular weight is 389 g/mol. The molecule has 0 radical (unpaired) electrons. The second-order valence-electron chi connectivity index (χ2n) is 7.98. The van der Waals surface area contributed by atoms with E-state index in [1.54, 1.807) is 6.07 Å². The molecule has 2 aliphatic rings. The zero-order chi connectivity index (χ0) is 19.0. The summed E-state index contributed by atoms with van der Waals surface area (Å²) in [6.07, 6.45) is 1.81. The first-order valence-electron chi connectivity index (χ1n) is 9.08. The number of benzene rings is 2. The fraction of sp³-hybridized carbons (Fsp3) is 0.381. The van der Waals surface area contributed by atoms with Gasteiger partial charge in [-0.25, -0.2) is 0 Å². The number of fused-ring (bicyclic) bond motifs is 5. The SMILES string of the molecule is N#Cc1cc2[nH]c3c(Cl)cc(C(F)(F)F)cc3c2c2c1CC1(CCCC1)C2. The minimum absolute atomic E-state index is 0.0526. The van der Waals surface area contributed by atoms with Crippen LogP contribution < -0.4 is 0 Å². The van der Waals surface area contributed by atoms with Crippen molar-refractivity contribution in [1.82, 2.24) is 4.98 Å². The van der Waals surface area contributed by atoms with Gasteiger partial charge in [0.2, 0.25) is 0 Å². The fourth-order valence-electron chi connectivity index (χ4n) is 5.20. The lowest BCUT2D eigenvalue weighted by molar-refractivity contribution is -0.137. The number of H-pyrrole nitrogens is 1. The Morgan fingerprint density at radius 2 is 1.78 bits per heavy atom. The van der Waals surface area contributed by atoms with Gasteiger partial charge in [0.15, 0.2) is 0 Å². The molecule has 2 nitrogen and oxygen atoms in total. The Labute approximate surface area is 158 Å². The lowest BCUT2D eigenvalue weighted by atomic mass is 9.83. The maximum Gasteiger partial charge on any atom is 0.416 e. The smallest absolute Gasteiger partial charge is 0.353 e. The Hall–Kier alpha value is -2.19. The zero-order valence-electron chi connectivity index (χ0n) is 14.4. The highest BCUT2D eigenvalue weighted by atomic mass is 35.5. The van der Waals surface area contributed by atoms with Gasteiger partial charge in [0.1, 0.15) is 0 Å². The summed E-state index contributed by atoms with van der Waals surface area (Å²) in [5.41, 5.74) is 3.29. The van der Waals surface area contributed by atoms with Crippen LogP contribution in [0.5, 0.6) is 0 Å². The first kappa shape index (κ1) is 16.9. The molecule has 1 N–H and O–H groups in total. The summed E-state index contributed by atoms with van der Waals surface area (Å²) in [6.45, 7) is 0. The number of hydrogen-bond acceptors (Lipinski definition) is 1. The van der Waals surface area contributed by atoms with E-state index < -0.39 is 11.7 Å². The number of nitrogens with zero attached hydrogens (tertiary/aromatic N) is 1. The highest BCUT2D eigenvalue weighted by molar-refractivity contribution is 6.36. The first-order valence-corrected chi connectivity index (χ1v) is 9.46. The largest absolute Gasteiger partial charge is 0.416 e. The summed E-state index contributed by atoms with van der Waals surface area (Å²) in [7, 11) is 0. The molecule has 6 heteroatoms. The van der Waals surface area contributed by atoms with Gasteiger partial charge in [0, 0.05) is 16.3 Å². The van der Waals surface area contributed by atoms with Gasteiger partial charge in [0.25, 0.3) is 0 Å². The second kappa shape index (κ2) is 5.42. The fourth-order valence-corrected chi connectivity index (χ4v) is 5.47. The van der Waals surface area contributed by atoms with E-state index >= 15 is 0 Å². The minimum atomic E-state index is -4.45. The summed E-state index contributed by atoms with van der Waals surface area (Å²) in [5, 5.41) is 11.0. The van der Waals surface area contributed by atoms with E-state index in [0.29, 0.717) is 22.0 Å². The highest BCUT2D eigenvalue weighted by Gasteiger charge is 2.42. The Bertz CT molecular complexity index is 1140. The molecular formula is C21H16ClF3N2. The lowest BCUT2D eigenvalue weighted by Gasteiger charge is -2.21. The number of nitriles is 1. The number of alkyl halides is 3. The van der Waals surface area contributed by atoms with E-state index in [2.05, 4.69) is 11.1 Å². The van der Waals surface area contributed by atoms with Crippen LogP contribution in [-0.4, -0.2) is 4.98 Å². The predicted octanol–water partition coefficient (Wildman–Crippen LogP) is 6.52. The molecule has 1 spiro atoms. The van der Waals surface area contributed by atoms with Crippen molar-refractivity contribution in [3.8, 4) is 6.07 Å². The molecule has 2 aliphatic carbocycles. The Morgan fingerprint density at radius 1 is 1.07 bits per heavy atom. The standard InChI is InChI=1S/C21H16ClF3N2/c22-16-7-12(21(23,24)25)6-13-18-15-9-20(3-1-2-4-20)8-14(15)11(10-26)5-17(18)27-19(13)16/h5-7,27H,1-4,8-9H2. The van der Waals surface area contributed by atoms with Gasteiger partial charge in [-0.15, -0.1) is 0 Å². The maximum absolute atomic E-state index is 13.3. The number of halogens is 4. The molecular weight excluding hydrogens is 373 g/mol. The number of rotatable bonds is 0. The molecule has 2 aromatic carbocycles. The number of aromatic nitrogens is 1. The maximum atomic E-state index is 13.3. The van der Waals surface area contributed by atoms with Crippen molar-refractivity contribution in [1.29, 1.82) is 5.26 Å². The molecule has 1 fully saturated rings. The van der Waals surface area contributed by atoms with Crippen molar-refractivity contribution >= 4 is 33.4 Å². The van der Waals surface area contributed by atoms with Gasteiger partial charge in [-0.3, -0.25) is 0 Å². The molecule has 0 aliphatic heterocycles. The van der Waals surface area contributed by atoms with Crippen LogP contribution in [0.2, 0.25) is 5.02 Å². The van der Waals surface area contributed by atoms with Gasteiger partial charge in [-0.2, -0.15) is 18.4 Å². The summed E-state index contributed by atoms with van der Waals surface area (Å²) in [5.74, 6) is 0. The van der Waals surface area contributed by atoms with Crippen LogP contribution in [0.4, 0.5) is 13.2 Å². The van der Waals surface area contributed by atoms with E-state index in [0.717, 1.165) is 48.3 Å². The van der Waals surface area contributed by atoms with E-state index in [-0.39, 0.29) is 10.4 Å². The Balaban J connectivity index is 1.85. The quantitative estimate of drug-likeness (QED) is 0.467. The van der Waals surface area contributed by atoms with Crippen molar-refractivity contribution in [2.45, 2.75) is 44.7 Å². The Kier molecular flexibility index (Phi) is 3.40. The molecule has 0 unspecified atom stereocenters. The molecule has 0 atom stereocenters. The third kappa shape index (κ3) is 2.39. The first-order chi connectivity index (χ1) is 12.8. The van der Waals surface area contributed by atoms with E-state index in [1.807, 2.05) is 0 Å². The highest BCUT2D eigenvalue weighted by Crippen LogP contribution is 2.52. The third-order valence-electron chi connectivity index (χ3n) is 6.38. The van der Waals surface area contributed by atoms with E-state index in [9.17, 15) is 18.4 Å². The summed E-state index contributed by atoms with van der Waals surface area (Å²) < 4.78 is 40.0. The summed E-state index contributed by atoms with van der Waals surface area (Å²) in [6, 6.07) is 6.21. The van der Waals surface area contributed by atoms with Crippen molar-refractivity contribution in [3.63, 3.8) is 0 Å². The van der Waals surface area contributed by atoms with Crippen LogP contribution in [-0.2, 0) is 19.0 Å². The molecule has 3 aromatic rings. The second-order valence-corrected chi connectivity index (χ2v) is 8.39. The molecule has 138 valence electrons. The number of nitrogens with one attached hydrogen (secondary N) is 1. The monoisotopic (exact) mass is 388 g/mol. The van der Waals surface area contributed by atoms with Crippen LogP contribution in [0.15, 0.2) is 18.2 Å². The van der Waals surface area contributed by atoms with Crippen LogP contribution in [0, 0.1) is 16.7 Å². The summed E-state index contributed by atoms with van der Waals surface area (Å²) >= 11 is 6.19. The predicted molar refractivity (Wildman–Crippen MR) is 98.8 cm³/mol. The van der Waals surface area contributed by atoms with Crippen molar-refractivity contribution < 1.29 is 13.2 Å². The zero-order valence-corrected chi connectivity index (χ0v) is 15.2. The molecule has 0 bridgehead atoms. The third-order valence-corrected chi connectivity index (χ3v) is 6.68. The number of hydrogen-bond donors (Lipinski definition) is 1. The van der Waals surface area contributed by atoms with Gasteiger partial charge < -0.3 is 4.98 Å². The average Bonchev–Trinajstić information content (AvgIpc) is 3.30. The van der Waals surface area contributed by atoms with Crippen LogP contribution >= 0.6 is 11.6 Å². The molecule has 0 amide bonds. The molecule has 5 rings (SSSR count). The molecule has 1 aromatic heterocycles. The summed E-state index contributed by atoms with van der Waals surface area (Å²) in [4.78, 5) is 3.16. The Morgan fingerprint density at radius 3 is 2.44 bits per heavy atom. The van der Waals surface area contributed by atoms with Gasteiger partial charge in [0.05, 0.1) is 27.7 Å². The van der Waals surface area contributed by atoms with E-state index in [4.69, 9.17) is 11.6 Å². The van der Waals surface area contributed by atoms with Crippen molar-refractivity contribution in [2.75, 3.05) is 0 Å². The van der Waals surface area contributed by atoms with Crippen molar-refractivity contribution in [2.24, 2.45) is 5.41 Å². The molecule has 1 heterocycles. The number of aromatic amines is 1. The molecule has 27 heavy (non-hydrogen) atoms. The lowest BCUT2D eigenvalue weighted by Crippen LogP contribution is -2.15. The van der Waals surface area contributed by atoms with Crippen LogP contribution in [0.25, 0.3) is 21.8 Å². The van der Waals surface area contributed by atoms with Crippen LogP contribution in [0.1, 0.15) is 47.9 Å². The van der Waals surface area contributed by atoms with Gasteiger partial charge in [-0.05, 0) is 60.4 Å². The van der Waals surface area contributed by atoms with Crippen LogP contribution in [0.3, 0.4) is 0 Å². The minimum Gasteiger partial charge on any atom is -0.353 e. The van der Waals surface area contributed by atoms with E-state index in [1.165, 1.54) is 18.9 Å². The molecule has 1 saturated carbocycles. The van der Waals surface area contributed by atoms with Gasteiger partial charge >= 0.3 is 6.18 Å².